The smallest absolute Gasteiger partial charge is 0.167 e. The second-order valence-electron chi connectivity index (χ2n) is 3.29. The lowest BCUT2D eigenvalue weighted by Crippen LogP contribution is -2.13. The summed E-state index contributed by atoms with van der Waals surface area (Å²) in [7, 11) is 0. The molecule has 1 radical (unpaired) electrons. The first-order valence-corrected chi connectivity index (χ1v) is 4.07. The Labute approximate surface area is 72.4 Å². The molecule has 0 aliphatic heterocycles. The lowest BCUT2D eigenvalue weighted by atomic mass is 10.1. The fourth-order valence-electron chi connectivity index (χ4n) is 0.883. The van der Waals surface area contributed by atoms with Crippen molar-refractivity contribution < 1.29 is 9.63 Å². The van der Waals surface area contributed by atoms with Gasteiger partial charge < -0.3 is 9.63 Å². The second kappa shape index (κ2) is 3.27. The van der Waals surface area contributed by atoms with Crippen molar-refractivity contribution in [3.8, 4) is 0 Å². The number of hydrogen-bond donors (Lipinski definition) is 1. The topological polar surface area (TPSA) is 46.3 Å². The van der Waals surface area contributed by atoms with Gasteiger partial charge in [0, 0.05) is 12.5 Å². The van der Waals surface area contributed by atoms with Gasteiger partial charge in [0.05, 0.1) is 5.69 Å². The Morgan fingerprint density at radius 3 is 2.75 bits per heavy atom. The monoisotopic (exact) mass is 168 g/mol. The molecule has 1 rings (SSSR count). The van der Waals surface area contributed by atoms with Gasteiger partial charge >= 0.3 is 0 Å². The molecule has 0 saturated heterocycles. The summed E-state index contributed by atoms with van der Waals surface area (Å²) in [5.74, 6) is 0.502. The van der Waals surface area contributed by atoms with Gasteiger partial charge in [-0.05, 0) is 20.3 Å². The van der Waals surface area contributed by atoms with Gasteiger partial charge in [0.15, 0.2) is 5.76 Å². The standard InChI is InChI=1S/C9H14NO2/c1-4-5-7-6-8(12-10-7)9(2,3)11/h5-6,11H,4H2,1-3H3. The lowest BCUT2D eigenvalue weighted by molar-refractivity contribution is 0.0475. The van der Waals surface area contributed by atoms with E-state index in [1.54, 1.807) is 19.9 Å². The zero-order valence-corrected chi connectivity index (χ0v) is 7.66. The van der Waals surface area contributed by atoms with E-state index in [4.69, 9.17) is 4.52 Å². The van der Waals surface area contributed by atoms with Gasteiger partial charge in [0.25, 0.3) is 0 Å². The van der Waals surface area contributed by atoms with Gasteiger partial charge in [-0.1, -0.05) is 12.1 Å². The fourth-order valence-corrected chi connectivity index (χ4v) is 0.883. The molecule has 0 bridgehead atoms. The average Bonchev–Trinajstić information content (AvgIpc) is 2.35. The van der Waals surface area contributed by atoms with Crippen molar-refractivity contribution in [3.05, 3.63) is 23.9 Å². The van der Waals surface area contributed by atoms with Crippen LogP contribution >= 0.6 is 0 Å². The zero-order valence-electron chi connectivity index (χ0n) is 7.66. The molecule has 0 aliphatic carbocycles. The van der Waals surface area contributed by atoms with E-state index in [0.717, 1.165) is 12.1 Å². The van der Waals surface area contributed by atoms with Crippen molar-refractivity contribution in [3.63, 3.8) is 0 Å². The number of hydrogen-bond acceptors (Lipinski definition) is 3. The molecule has 0 amide bonds. The highest BCUT2D eigenvalue weighted by Crippen LogP contribution is 2.20. The minimum absolute atomic E-state index is 0.502. The molecule has 0 spiro atoms. The summed E-state index contributed by atoms with van der Waals surface area (Å²) in [5.41, 5.74) is -0.151. The Morgan fingerprint density at radius 1 is 1.67 bits per heavy atom. The lowest BCUT2D eigenvalue weighted by Gasteiger charge is -2.10. The molecule has 1 aromatic rings. The number of aliphatic hydroxyl groups is 1. The molecule has 67 valence electrons. The molecule has 0 fully saturated rings. The van der Waals surface area contributed by atoms with Crippen LogP contribution in [-0.2, 0) is 5.60 Å². The van der Waals surface area contributed by atoms with Crippen LogP contribution in [0.5, 0.6) is 0 Å². The molecule has 1 N–H and O–H groups in total. The Balaban J connectivity index is 2.77. The molecule has 0 saturated carbocycles. The van der Waals surface area contributed by atoms with Crippen LogP contribution < -0.4 is 0 Å². The Hall–Kier alpha value is -0.830. The number of aromatic nitrogens is 1. The van der Waals surface area contributed by atoms with Crippen LogP contribution in [0.3, 0.4) is 0 Å². The summed E-state index contributed by atoms with van der Waals surface area (Å²) in [6.07, 6.45) is 2.86. The van der Waals surface area contributed by atoms with E-state index in [-0.39, 0.29) is 0 Å². The van der Waals surface area contributed by atoms with Gasteiger partial charge in [-0.2, -0.15) is 0 Å². The van der Waals surface area contributed by atoms with Crippen LogP contribution in [0.15, 0.2) is 10.6 Å². The third-order valence-corrected chi connectivity index (χ3v) is 1.54. The van der Waals surface area contributed by atoms with E-state index in [0.29, 0.717) is 5.76 Å². The van der Waals surface area contributed by atoms with Crippen LogP contribution in [0.1, 0.15) is 38.6 Å². The van der Waals surface area contributed by atoms with Crippen molar-refractivity contribution in [2.45, 2.75) is 32.8 Å². The normalized spacial score (nSPS) is 12.0. The predicted molar refractivity (Wildman–Crippen MR) is 45.4 cm³/mol. The largest absolute Gasteiger partial charge is 0.382 e. The van der Waals surface area contributed by atoms with E-state index in [2.05, 4.69) is 5.16 Å². The molecule has 0 aliphatic rings. The Bertz CT molecular complexity index is 247. The van der Waals surface area contributed by atoms with Crippen LogP contribution in [0, 0.1) is 6.42 Å². The highest BCUT2D eigenvalue weighted by atomic mass is 16.5. The quantitative estimate of drug-likeness (QED) is 0.749. The van der Waals surface area contributed by atoms with Crippen molar-refractivity contribution in [1.82, 2.24) is 5.16 Å². The van der Waals surface area contributed by atoms with Crippen LogP contribution in [0.25, 0.3) is 0 Å². The molecule has 1 heterocycles. The average molecular weight is 168 g/mol. The SMILES string of the molecule is CC[CH]c1cc(C(C)(C)O)on1. The molecular weight excluding hydrogens is 154 g/mol. The maximum atomic E-state index is 9.52. The summed E-state index contributed by atoms with van der Waals surface area (Å²) in [5, 5.41) is 13.3. The van der Waals surface area contributed by atoms with Gasteiger partial charge in [-0.25, -0.2) is 0 Å². The highest BCUT2D eigenvalue weighted by molar-refractivity contribution is 5.16. The molecule has 12 heavy (non-hydrogen) atoms. The second-order valence-corrected chi connectivity index (χ2v) is 3.29. The molecule has 3 nitrogen and oxygen atoms in total. The van der Waals surface area contributed by atoms with Crippen LogP contribution in [-0.4, -0.2) is 10.3 Å². The number of rotatable bonds is 3. The van der Waals surface area contributed by atoms with Crippen molar-refractivity contribution in [1.29, 1.82) is 0 Å². The third kappa shape index (κ3) is 2.08. The molecule has 3 heteroatoms. The molecule has 0 aromatic carbocycles. The van der Waals surface area contributed by atoms with E-state index in [9.17, 15) is 5.11 Å². The van der Waals surface area contributed by atoms with Gasteiger partial charge in [0.1, 0.15) is 5.60 Å². The minimum Gasteiger partial charge on any atom is -0.382 e. The van der Waals surface area contributed by atoms with E-state index < -0.39 is 5.60 Å². The first-order valence-electron chi connectivity index (χ1n) is 4.07. The molecular formula is C9H14NO2. The van der Waals surface area contributed by atoms with Gasteiger partial charge in [0.2, 0.25) is 0 Å². The van der Waals surface area contributed by atoms with Crippen molar-refractivity contribution >= 4 is 0 Å². The van der Waals surface area contributed by atoms with Gasteiger partial charge in [-0.15, -0.1) is 0 Å². The maximum Gasteiger partial charge on any atom is 0.167 e. The minimum atomic E-state index is -0.938. The fraction of sp³-hybridized carbons (Fsp3) is 0.556. The maximum absolute atomic E-state index is 9.52. The summed E-state index contributed by atoms with van der Waals surface area (Å²) in [6.45, 7) is 5.37. The summed E-state index contributed by atoms with van der Waals surface area (Å²) < 4.78 is 4.95. The number of nitrogens with zero attached hydrogens (tertiary/aromatic N) is 1. The van der Waals surface area contributed by atoms with Gasteiger partial charge in [-0.3, -0.25) is 0 Å². The zero-order chi connectivity index (χ0) is 9.19. The third-order valence-electron chi connectivity index (χ3n) is 1.54. The van der Waals surface area contributed by atoms with E-state index >= 15 is 0 Å². The Morgan fingerprint density at radius 2 is 2.33 bits per heavy atom. The molecule has 1 aromatic heterocycles. The first-order chi connectivity index (χ1) is 5.54. The van der Waals surface area contributed by atoms with E-state index in [1.165, 1.54) is 0 Å². The van der Waals surface area contributed by atoms with E-state index in [1.807, 2.05) is 13.3 Å². The Kier molecular flexibility index (Phi) is 2.52. The van der Waals surface area contributed by atoms with Crippen molar-refractivity contribution in [2.75, 3.05) is 0 Å². The first kappa shape index (κ1) is 9.26. The molecule has 0 atom stereocenters. The summed E-state index contributed by atoms with van der Waals surface area (Å²) >= 11 is 0. The van der Waals surface area contributed by atoms with Crippen LogP contribution in [0.2, 0.25) is 0 Å². The molecule has 0 unspecified atom stereocenters. The van der Waals surface area contributed by atoms with Crippen LogP contribution in [0.4, 0.5) is 0 Å². The summed E-state index contributed by atoms with van der Waals surface area (Å²) in [6, 6.07) is 1.75. The summed E-state index contributed by atoms with van der Waals surface area (Å²) in [4.78, 5) is 0. The van der Waals surface area contributed by atoms with Crippen molar-refractivity contribution in [2.24, 2.45) is 0 Å². The predicted octanol–water partition coefficient (Wildman–Crippen LogP) is 1.86. The highest BCUT2D eigenvalue weighted by Gasteiger charge is 2.21.